The smallest absolute Gasteiger partial charge is 0.0170 e. The summed E-state index contributed by atoms with van der Waals surface area (Å²) in [7, 11) is 0. The molecular formula is C10H16. The second-order valence-corrected chi connectivity index (χ2v) is 3.37. The molecule has 0 saturated heterocycles. The molecule has 1 aliphatic carbocycles. The molecule has 0 amide bonds. The van der Waals surface area contributed by atoms with Crippen LogP contribution in [0.5, 0.6) is 0 Å². The third-order valence-electron chi connectivity index (χ3n) is 2.43. The fourth-order valence-corrected chi connectivity index (χ4v) is 1.53. The first kappa shape index (κ1) is 7.59. The van der Waals surface area contributed by atoms with E-state index in [0.29, 0.717) is 0 Å². The average Bonchev–Trinajstić information content (AvgIpc) is 1.94. The van der Waals surface area contributed by atoms with Gasteiger partial charge in [-0.05, 0) is 31.6 Å². The van der Waals surface area contributed by atoms with Crippen molar-refractivity contribution in [1.29, 1.82) is 0 Å². The quantitative estimate of drug-likeness (QED) is 0.486. The molecule has 56 valence electrons. The molecule has 0 heteroatoms. The molecule has 2 unspecified atom stereocenters. The largest absolute Gasteiger partial charge is 0.103 e. The van der Waals surface area contributed by atoms with E-state index in [4.69, 9.17) is 0 Å². The fraction of sp³-hybridized carbons (Fsp3) is 0.600. The molecule has 0 aromatic carbocycles. The van der Waals surface area contributed by atoms with Crippen molar-refractivity contribution in [3.63, 3.8) is 0 Å². The second-order valence-electron chi connectivity index (χ2n) is 3.37. The van der Waals surface area contributed by atoms with Gasteiger partial charge in [0.25, 0.3) is 0 Å². The van der Waals surface area contributed by atoms with E-state index in [1.807, 2.05) is 0 Å². The van der Waals surface area contributed by atoms with Gasteiger partial charge in [0.15, 0.2) is 0 Å². The van der Waals surface area contributed by atoms with E-state index in [1.165, 1.54) is 18.4 Å². The van der Waals surface area contributed by atoms with Crippen LogP contribution in [-0.2, 0) is 0 Å². The van der Waals surface area contributed by atoms with Crippen LogP contribution in [0, 0.1) is 11.8 Å². The van der Waals surface area contributed by atoms with Crippen molar-refractivity contribution < 1.29 is 0 Å². The molecule has 0 saturated carbocycles. The molecule has 0 N–H and O–H groups in total. The lowest BCUT2D eigenvalue weighted by Gasteiger charge is -2.24. The van der Waals surface area contributed by atoms with E-state index < -0.39 is 0 Å². The number of allylic oxidation sites excluding steroid dienone is 3. The Morgan fingerprint density at radius 1 is 1.70 bits per heavy atom. The maximum Gasteiger partial charge on any atom is -0.0170 e. The number of hydrogen-bond donors (Lipinski definition) is 0. The maximum absolute atomic E-state index is 3.84. The van der Waals surface area contributed by atoms with Gasteiger partial charge in [0.2, 0.25) is 0 Å². The minimum atomic E-state index is 0.727. The molecule has 1 rings (SSSR count). The standard InChI is InChI=1S/C10H16/c1-4-10-7-8(2)5-6-9(10)3/h4-5,9-10H,1,6-7H2,2-3H3. The van der Waals surface area contributed by atoms with Crippen molar-refractivity contribution >= 4 is 0 Å². The van der Waals surface area contributed by atoms with Crippen LogP contribution < -0.4 is 0 Å². The lowest BCUT2D eigenvalue weighted by atomic mass is 9.81. The molecule has 0 spiro atoms. The van der Waals surface area contributed by atoms with E-state index in [-0.39, 0.29) is 0 Å². The van der Waals surface area contributed by atoms with Gasteiger partial charge in [0.1, 0.15) is 0 Å². The van der Waals surface area contributed by atoms with E-state index in [9.17, 15) is 0 Å². The zero-order valence-corrected chi connectivity index (χ0v) is 6.93. The predicted molar refractivity (Wildman–Crippen MR) is 45.8 cm³/mol. The Bertz CT molecular complexity index is 153. The molecule has 1 aliphatic rings. The molecule has 0 bridgehead atoms. The van der Waals surface area contributed by atoms with Gasteiger partial charge in [-0.3, -0.25) is 0 Å². The first-order valence-corrected chi connectivity index (χ1v) is 4.02. The van der Waals surface area contributed by atoms with Crippen molar-refractivity contribution in [2.24, 2.45) is 11.8 Å². The Hall–Kier alpha value is -0.520. The van der Waals surface area contributed by atoms with Gasteiger partial charge in [0, 0.05) is 0 Å². The molecule has 0 aromatic rings. The molecular weight excluding hydrogens is 120 g/mol. The highest BCUT2D eigenvalue weighted by molar-refractivity contribution is 5.08. The topological polar surface area (TPSA) is 0 Å². The lowest BCUT2D eigenvalue weighted by molar-refractivity contribution is 0.409. The molecule has 10 heavy (non-hydrogen) atoms. The SMILES string of the molecule is C=CC1CC(C)=CCC1C. The van der Waals surface area contributed by atoms with E-state index in [2.05, 4.69) is 32.6 Å². The van der Waals surface area contributed by atoms with Crippen molar-refractivity contribution in [2.75, 3.05) is 0 Å². The van der Waals surface area contributed by atoms with Crippen LogP contribution >= 0.6 is 0 Å². The van der Waals surface area contributed by atoms with E-state index in [0.717, 1.165) is 11.8 Å². The molecule has 0 heterocycles. The minimum Gasteiger partial charge on any atom is -0.103 e. The Morgan fingerprint density at radius 3 is 2.90 bits per heavy atom. The van der Waals surface area contributed by atoms with Crippen LogP contribution in [0.1, 0.15) is 26.7 Å². The molecule has 0 radical (unpaired) electrons. The summed E-state index contributed by atoms with van der Waals surface area (Å²) in [5.74, 6) is 1.53. The summed E-state index contributed by atoms with van der Waals surface area (Å²) >= 11 is 0. The first-order chi connectivity index (χ1) is 4.74. The summed E-state index contributed by atoms with van der Waals surface area (Å²) in [4.78, 5) is 0. The summed E-state index contributed by atoms with van der Waals surface area (Å²) in [5, 5.41) is 0. The summed E-state index contributed by atoms with van der Waals surface area (Å²) in [6.07, 6.45) is 6.92. The van der Waals surface area contributed by atoms with Crippen LogP contribution in [0.3, 0.4) is 0 Å². The van der Waals surface area contributed by atoms with Crippen molar-refractivity contribution in [2.45, 2.75) is 26.7 Å². The van der Waals surface area contributed by atoms with Gasteiger partial charge in [-0.2, -0.15) is 0 Å². The van der Waals surface area contributed by atoms with Crippen LogP contribution in [0.25, 0.3) is 0 Å². The Morgan fingerprint density at radius 2 is 2.40 bits per heavy atom. The van der Waals surface area contributed by atoms with Crippen molar-refractivity contribution in [1.82, 2.24) is 0 Å². The molecule has 0 fully saturated rings. The number of rotatable bonds is 1. The van der Waals surface area contributed by atoms with Gasteiger partial charge in [-0.15, -0.1) is 6.58 Å². The first-order valence-electron chi connectivity index (χ1n) is 4.02. The highest BCUT2D eigenvalue weighted by atomic mass is 14.2. The Labute approximate surface area is 63.6 Å². The van der Waals surface area contributed by atoms with E-state index in [1.54, 1.807) is 0 Å². The number of hydrogen-bond acceptors (Lipinski definition) is 0. The summed E-state index contributed by atoms with van der Waals surface area (Å²) in [6, 6.07) is 0. The van der Waals surface area contributed by atoms with Crippen LogP contribution in [0.4, 0.5) is 0 Å². The zero-order valence-electron chi connectivity index (χ0n) is 6.93. The lowest BCUT2D eigenvalue weighted by Crippen LogP contribution is -2.12. The fourth-order valence-electron chi connectivity index (χ4n) is 1.53. The monoisotopic (exact) mass is 136 g/mol. The highest BCUT2D eigenvalue weighted by Crippen LogP contribution is 2.29. The third kappa shape index (κ3) is 1.50. The third-order valence-corrected chi connectivity index (χ3v) is 2.43. The van der Waals surface area contributed by atoms with Gasteiger partial charge in [-0.1, -0.05) is 24.6 Å². The second kappa shape index (κ2) is 3.05. The summed E-state index contributed by atoms with van der Waals surface area (Å²) < 4.78 is 0. The molecule has 0 aliphatic heterocycles. The summed E-state index contributed by atoms with van der Waals surface area (Å²) in [6.45, 7) is 8.35. The normalized spacial score (nSPS) is 33.2. The molecule has 0 nitrogen and oxygen atoms in total. The van der Waals surface area contributed by atoms with Crippen LogP contribution in [0.2, 0.25) is 0 Å². The Balaban J connectivity index is 2.61. The van der Waals surface area contributed by atoms with Gasteiger partial charge >= 0.3 is 0 Å². The van der Waals surface area contributed by atoms with Crippen molar-refractivity contribution in [3.05, 3.63) is 24.3 Å². The van der Waals surface area contributed by atoms with Gasteiger partial charge < -0.3 is 0 Å². The predicted octanol–water partition coefficient (Wildman–Crippen LogP) is 3.16. The van der Waals surface area contributed by atoms with E-state index >= 15 is 0 Å². The van der Waals surface area contributed by atoms with Gasteiger partial charge in [-0.25, -0.2) is 0 Å². The highest BCUT2D eigenvalue weighted by Gasteiger charge is 2.16. The van der Waals surface area contributed by atoms with Crippen LogP contribution in [-0.4, -0.2) is 0 Å². The molecule has 2 atom stereocenters. The maximum atomic E-state index is 3.84. The minimum absolute atomic E-state index is 0.727. The Kier molecular flexibility index (Phi) is 2.31. The van der Waals surface area contributed by atoms with Crippen molar-refractivity contribution in [3.8, 4) is 0 Å². The average molecular weight is 136 g/mol. The summed E-state index contributed by atoms with van der Waals surface area (Å²) in [5.41, 5.74) is 1.53. The van der Waals surface area contributed by atoms with Gasteiger partial charge in [0.05, 0.1) is 0 Å². The zero-order chi connectivity index (χ0) is 7.56. The van der Waals surface area contributed by atoms with Crippen LogP contribution in [0.15, 0.2) is 24.3 Å². The molecule has 0 aromatic heterocycles.